The Kier molecular flexibility index (Phi) is 4.29. The Hall–Kier alpha value is -1.60. The van der Waals surface area contributed by atoms with Crippen LogP contribution in [0.5, 0.6) is 11.6 Å². The van der Waals surface area contributed by atoms with Gasteiger partial charge >= 0.3 is 6.18 Å². The zero-order valence-electron chi connectivity index (χ0n) is 10.1. The summed E-state index contributed by atoms with van der Waals surface area (Å²) in [6, 6.07) is 7.29. The van der Waals surface area contributed by atoms with Gasteiger partial charge in [0.15, 0.2) is 0 Å². The quantitative estimate of drug-likeness (QED) is 0.909. The second kappa shape index (κ2) is 5.80. The Morgan fingerprint density at radius 3 is 2.50 bits per heavy atom. The van der Waals surface area contributed by atoms with Crippen molar-refractivity contribution in [3.8, 4) is 11.6 Å². The van der Waals surface area contributed by atoms with Crippen LogP contribution in [-0.4, -0.2) is 4.98 Å². The van der Waals surface area contributed by atoms with Crippen LogP contribution in [0, 0.1) is 0 Å². The molecule has 0 saturated heterocycles. The minimum absolute atomic E-state index is 0.0787. The van der Waals surface area contributed by atoms with E-state index in [1.54, 1.807) is 18.2 Å². The summed E-state index contributed by atoms with van der Waals surface area (Å²) in [6.07, 6.45) is -3.68. The zero-order valence-corrected chi connectivity index (χ0v) is 11.7. The number of benzene rings is 1. The molecule has 0 aliphatic heterocycles. The number of rotatable bonds is 3. The summed E-state index contributed by atoms with van der Waals surface area (Å²) < 4.78 is 43.5. The lowest BCUT2D eigenvalue weighted by molar-refractivity contribution is -0.137. The highest BCUT2D eigenvalue weighted by Gasteiger charge is 2.30. The molecule has 2 N–H and O–H groups in total. The van der Waals surface area contributed by atoms with Gasteiger partial charge in [-0.25, -0.2) is 4.98 Å². The van der Waals surface area contributed by atoms with Gasteiger partial charge in [-0.2, -0.15) is 13.2 Å². The van der Waals surface area contributed by atoms with E-state index in [2.05, 4.69) is 20.9 Å². The average Bonchev–Trinajstić information content (AvgIpc) is 2.40. The lowest BCUT2D eigenvalue weighted by Gasteiger charge is -2.11. The molecule has 20 heavy (non-hydrogen) atoms. The highest BCUT2D eigenvalue weighted by molar-refractivity contribution is 9.10. The van der Waals surface area contributed by atoms with Crippen molar-refractivity contribution < 1.29 is 17.9 Å². The summed E-state index contributed by atoms with van der Waals surface area (Å²) in [5.74, 6) is 0.540. The first-order valence-corrected chi connectivity index (χ1v) is 6.39. The number of alkyl halides is 3. The predicted octanol–water partition coefficient (Wildman–Crippen LogP) is 4.11. The number of nitrogens with zero attached hydrogens (tertiary/aromatic N) is 1. The van der Waals surface area contributed by atoms with Gasteiger partial charge in [0.1, 0.15) is 5.75 Å². The van der Waals surface area contributed by atoms with Gasteiger partial charge in [0.25, 0.3) is 0 Å². The molecule has 0 atom stereocenters. The topological polar surface area (TPSA) is 48.1 Å². The molecule has 2 rings (SSSR count). The highest BCUT2D eigenvalue weighted by atomic mass is 79.9. The third-order valence-electron chi connectivity index (χ3n) is 2.52. The van der Waals surface area contributed by atoms with E-state index < -0.39 is 11.7 Å². The maximum absolute atomic E-state index is 12.4. The van der Waals surface area contributed by atoms with E-state index in [4.69, 9.17) is 10.5 Å². The van der Waals surface area contributed by atoms with Crippen molar-refractivity contribution in [3.63, 3.8) is 0 Å². The number of aromatic nitrogens is 1. The molecule has 0 aliphatic rings. The highest BCUT2D eigenvalue weighted by Crippen LogP contribution is 2.31. The number of hydrogen-bond donors (Lipinski definition) is 1. The van der Waals surface area contributed by atoms with Gasteiger partial charge in [-0.05, 0) is 24.3 Å². The molecule has 3 nitrogen and oxygen atoms in total. The first-order chi connectivity index (χ1) is 9.40. The molecule has 106 valence electrons. The van der Waals surface area contributed by atoms with Crippen molar-refractivity contribution in [2.45, 2.75) is 12.7 Å². The van der Waals surface area contributed by atoms with Crippen molar-refractivity contribution in [3.05, 3.63) is 52.1 Å². The average molecular weight is 347 g/mol. The Morgan fingerprint density at radius 2 is 1.95 bits per heavy atom. The molecular formula is C13H10BrF3N2O. The van der Waals surface area contributed by atoms with Gasteiger partial charge in [-0.15, -0.1) is 0 Å². The van der Waals surface area contributed by atoms with Crippen LogP contribution in [0.15, 0.2) is 41.0 Å². The smallest absolute Gasteiger partial charge is 0.417 e. The van der Waals surface area contributed by atoms with Crippen molar-refractivity contribution in [1.29, 1.82) is 0 Å². The van der Waals surface area contributed by atoms with Gasteiger partial charge < -0.3 is 10.5 Å². The molecule has 1 aromatic heterocycles. The zero-order chi connectivity index (χ0) is 14.8. The van der Waals surface area contributed by atoms with Crippen molar-refractivity contribution in [2.75, 3.05) is 0 Å². The molecule has 0 unspecified atom stereocenters. The summed E-state index contributed by atoms with van der Waals surface area (Å²) in [5, 5.41) is 0. The number of nitrogens with two attached hydrogens (primary N) is 1. The maximum Gasteiger partial charge on any atom is 0.417 e. The SMILES string of the molecule is NCc1cc(Br)ccc1Oc1ccc(C(F)(F)F)cn1. The molecule has 0 spiro atoms. The van der Waals surface area contributed by atoms with Crippen LogP contribution in [0.2, 0.25) is 0 Å². The Labute approximate surface area is 121 Å². The van der Waals surface area contributed by atoms with E-state index in [1.807, 2.05) is 0 Å². The maximum atomic E-state index is 12.4. The molecule has 1 heterocycles. The van der Waals surface area contributed by atoms with Gasteiger partial charge in [0, 0.05) is 28.8 Å². The van der Waals surface area contributed by atoms with E-state index in [0.29, 0.717) is 5.75 Å². The van der Waals surface area contributed by atoms with Crippen LogP contribution in [0.25, 0.3) is 0 Å². The summed E-state index contributed by atoms with van der Waals surface area (Å²) in [5.41, 5.74) is 5.49. The van der Waals surface area contributed by atoms with Crippen LogP contribution in [0.4, 0.5) is 13.2 Å². The van der Waals surface area contributed by atoms with Gasteiger partial charge in [-0.1, -0.05) is 15.9 Å². The Bertz CT molecular complexity index is 600. The Balaban J connectivity index is 2.22. The summed E-state index contributed by atoms with van der Waals surface area (Å²) in [4.78, 5) is 3.64. The van der Waals surface area contributed by atoms with E-state index in [1.165, 1.54) is 6.07 Å². The third kappa shape index (κ3) is 3.49. The van der Waals surface area contributed by atoms with Crippen molar-refractivity contribution >= 4 is 15.9 Å². The summed E-state index contributed by atoms with van der Waals surface area (Å²) in [6.45, 7) is 0.245. The van der Waals surface area contributed by atoms with Crippen molar-refractivity contribution in [1.82, 2.24) is 4.98 Å². The monoisotopic (exact) mass is 346 g/mol. The van der Waals surface area contributed by atoms with Gasteiger partial charge in [0.05, 0.1) is 5.56 Å². The standard InChI is InChI=1S/C13H10BrF3N2O/c14-10-2-3-11(8(5-10)6-18)20-12-4-1-9(7-19-12)13(15,16)17/h1-5,7H,6,18H2. The van der Waals surface area contributed by atoms with Crippen LogP contribution in [0.3, 0.4) is 0 Å². The first kappa shape index (κ1) is 14.8. The van der Waals surface area contributed by atoms with E-state index in [9.17, 15) is 13.2 Å². The number of halogens is 4. The molecule has 0 saturated carbocycles. The number of pyridine rings is 1. The van der Waals surface area contributed by atoms with Crippen LogP contribution < -0.4 is 10.5 Å². The van der Waals surface area contributed by atoms with Crippen LogP contribution in [0.1, 0.15) is 11.1 Å². The van der Waals surface area contributed by atoms with Crippen LogP contribution in [-0.2, 0) is 12.7 Å². The molecule has 7 heteroatoms. The lowest BCUT2D eigenvalue weighted by Crippen LogP contribution is -2.05. The molecule has 0 fully saturated rings. The molecule has 0 aliphatic carbocycles. The number of hydrogen-bond acceptors (Lipinski definition) is 3. The largest absolute Gasteiger partial charge is 0.439 e. The summed E-state index contributed by atoms with van der Waals surface area (Å²) in [7, 11) is 0. The fourth-order valence-electron chi connectivity index (χ4n) is 1.53. The minimum Gasteiger partial charge on any atom is -0.439 e. The van der Waals surface area contributed by atoms with Gasteiger partial charge in [-0.3, -0.25) is 0 Å². The second-order valence-electron chi connectivity index (χ2n) is 3.94. The fraction of sp³-hybridized carbons (Fsp3) is 0.154. The molecule has 2 aromatic rings. The second-order valence-corrected chi connectivity index (χ2v) is 4.86. The Morgan fingerprint density at radius 1 is 1.20 bits per heavy atom. The number of ether oxygens (including phenoxy) is 1. The van der Waals surface area contributed by atoms with E-state index in [0.717, 1.165) is 22.3 Å². The first-order valence-electron chi connectivity index (χ1n) is 5.60. The molecular weight excluding hydrogens is 337 g/mol. The summed E-state index contributed by atoms with van der Waals surface area (Å²) >= 11 is 3.30. The lowest BCUT2D eigenvalue weighted by atomic mass is 10.2. The van der Waals surface area contributed by atoms with Crippen LogP contribution >= 0.6 is 15.9 Å². The normalized spacial score (nSPS) is 11.4. The minimum atomic E-state index is -4.41. The third-order valence-corrected chi connectivity index (χ3v) is 3.01. The van der Waals surface area contributed by atoms with E-state index >= 15 is 0 Å². The van der Waals surface area contributed by atoms with E-state index in [-0.39, 0.29) is 12.4 Å². The van der Waals surface area contributed by atoms with Crippen molar-refractivity contribution in [2.24, 2.45) is 5.73 Å². The molecule has 0 bridgehead atoms. The molecule has 0 radical (unpaired) electrons. The van der Waals surface area contributed by atoms with Gasteiger partial charge in [0.2, 0.25) is 5.88 Å². The molecule has 0 amide bonds. The molecule has 1 aromatic carbocycles. The fourth-order valence-corrected chi connectivity index (χ4v) is 1.94. The predicted molar refractivity (Wildman–Crippen MR) is 71.3 cm³/mol.